The van der Waals surface area contributed by atoms with Crippen molar-refractivity contribution in [2.24, 2.45) is 15.6 Å². The van der Waals surface area contributed by atoms with E-state index in [1.54, 1.807) is 17.0 Å². The molecule has 2 bridgehead atoms. The molecule has 4 heterocycles. The fourth-order valence-corrected chi connectivity index (χ4v) is 6.18. The number of carboxylic acid groups (broad SMARTS) is 1. The van der Waals surface area contributed by atoms with Gasteiger partial charge in [-0.1, -0.05) is 44.1 Å². The Morgan fingerprint density at radius 1 is 1.26 bits per heavy atom. The van der Waals surface area contributed by atoms with Gasteiger partial charge in [0.15, 0.2) is 12.5 Å². The molecular weight excluding hydrogens is 505 g/mol. The summed E-state index contributed by atoms with van der Waals surface area (Å²) in [5.41, 5.74) is 1.63. The van der Waals surface area contributed by atoms with Crippen molar-refractivity contribution in [3.8, 4) is 5.88 Å². The van der Waals surface area contributed by atoms with E-state index in [2.05, 4.69) is 15.1 Å². The number of oxime groups is 1. The van der Waals surface area contributed by atoms with Crippen molar-refractivity contribution in [3.63, 3.8) is 0 Å². The number of nitrogens with one attached hydrogen (secondary N) is 1. The number of halogens is 1. The Bertz CT molecular complexity index is 1590. The van der Waals surface area contributed by atoms with E-state index in [0.717, 1.165) is 0 Å². The fourth-order valence-electron chi connectivity index (χ4n) is 6.18. The van der Waals surface area contributed by atoms with Crippen molar-refractivity contribution in [2.45, 2.75) is 38.8 Å². The summed E-state index contributed by atoms with van der Waals surface area (Å²) >= 11 is 0. The van der Waals surface area contributed by atoms with Crippen LogP contribution in [0.4, 0.5) is 14.9 Å². The van der Waals surface area contributed by atoms with Crippen LogP contribution in [0.25, 0.3) is 10.9 Å². The Morgan fingerprint density at radius 3 is 2.77 bits per heavy atom. The molecule has 3 N–H and O–H groups in total. The van der Waals surface area contributed by atoms with Crippen molar-refractivity contribution < 1.29 is 29.0 Å². The van der Waals surface area contributed by atoms with E-state index in [-0.39, 0.29) is 48.5 Å². The lowest BCUT2D eigenvalue weighted by Crippen LogP contribution is -2.62. The molecule has 1 aromatic heterocycles. The number of rotatable bonds is 4. The molecule has 2 fully saturated rings. The van der Waals surface area contributed by atoms with Crippen LogP contribution >= 0.6 is 0 Å². The highest BCUT2D eigenvalue weighted by Gasteiger charge is 2.62. The minimum Gasteiger partial charge on any atom is -0.494 e. The summed E-state index contributed by atoms with van der Waals surface area (Å²) in [6.07, 6.45) is -0.404. The fraction of sp³-hybridized carbons (Fsp3) is 0.357. The van der Waals surface area contributed by atoms with Crippen molar-refractivity contribution in [1.29, 1.82) is 0 Å². The van der Waals surface area contributed by atoms with Gasteiger partial charge in [0.25, 0.3) is 5.91 Å². The van der Waals surface area contributed by atoms with E-state index in [1.807, 2.05) is 32.9 Å². The Balaban J connectivity index is 1.27. The molecule has 39 heavy (non-hydrogen) atoms. The molecule has 2 aromatic carbocycles. The molecule has 2 amide bonds. The molecule has 0 spiro atoms. The van der Waals surface area contributed by atoms with Crippen LogP contribution in [0.15, 0.2) is 52.6 Å². The zero-order chi connectivity index (χ0) is 27.7. The third-order valence-electron chi connectivity index (χ3n) is 8.24. The normalized spacial score (nSPS) is 23.0. The van der Waals surface area contributed by atoms with E-state index in [1.165, 1.54) is 23.1 Å². The van der Waals surface area contributed by atoms with Crippen LogP contribution in [0.5, 0.6) is 5.88 Å². The third kappa shape index (κ3) is 3.75. The average molecular weight is 534 g/mol. The van der Waals surface area contributed by atoms with Crippen LogP contribution < -0.4 is 0 Å². The minimum atomic E-state index is -0.977. The van der Waals surface area contributed by atoms with E-state index < -0.39 is 17.4 Å². The first kappa shape index (κ1) is 24.9. The third-order valence-corrected chi connectivity index (χ3v) is 8.24. The molecule has 6 rings (SSSR count). The van der Waals surface area contributed by atoms with Crippen molar-refractivity contribution >= 4 is 40.0 Å². The predicted octanol–water partition coefficient (Wildman–Crippen LogP) is 4.25. The highest BCUT2D eigenvalue weighted by molar-refractivity contribution is 6.58. The lowest BCUT2D eigenvalue weighted by molar-refractivity contribution is -0.140. The van der Waals surface area contributed by atoms with Crippen molar-refractivity contribution in [3.05, 3.63) is 59.4 Å². The monoisotopic (exact) mass is 533 g/mol. The number of piperazine rings is 1. The minimum absolute atomic E-state index is 0.186. The summed E-state index contributed by atoms with van der Waals surface area (Å²) in [7, 11) is 0. The zero-order valence-corrected chi connectivity index (χ0v) is 21.7. The highest BCUT2D eigenvalue weighted by atomic mass is 19.1. The molecular formula is C28H28FN5O5. The summed E-state index contributed by atoms with van der Waals surface area (Å²) in [6.45, 7) is 6.17. The second-order valence-electron chi connectivity index (χ2n) is 11.3. The summed E-state index contributed by atoms with van der Waals surface area (Å²) in [4.78, 5) is 41.3. The van der Waals surface area contributed by atoms with E-state index in [4.69, 9.17) is 4.84 Å². The van der Waals surface area contributed by atoms with Crippen LogP contribution in [0.1, 0.15) is 38.3 Å². The van der Waals surface area contributed by atoms with Gasteiger partial charge in [-0.15, -0.1) is 0 Å². The van der Waals surface area contributed by atoms with Crippen LogP contribution in [0.3, 0.4) is 0 Å². The number of aromatic hydroxyl groups is 1. The largest absolute Gasteiger partial charge is 0.494 e. The number of fused-ring (bicyclic) bond motifs is 4. The summed E-state index contributed by atoms with van der Waals surface area (Å²) in [6, 6.07) is 11.1. The molecule has 10 nitrogen and oxygen atoms in total. The molecule has 0 saturated carbocycles. The van der Waals surface area contributed by atoms with E-state index >= 15 is 0 Å². The van der Waals surface area contributed by atoms with Crippen LogP contribution in [-0.2, 0) is 9.63 Å². The Hall–Kier alpha value is -4.41. The summed E-state index contributed by atoms with van der Waals surface area (Å²) in [5, 5.41) is 25.2. The lowest BCUT2D eigenvalue weighted by atomic mass is 9.73. The number of hydrogen-bond acceptors (Lipinski definition) is 6. The van der Waals surface area contributed by atoms with Gasteiger partial charge in [0.05, 0.1) is 22.8 Å². The quantitative estimate of drug-likeness (QED) is 0.432. The summed E-state index contributed by atoms with van der Waals surface area (Å²) in [5.74, 6) is -0.939. The first-order valence-corrected chi connectivity index (χ1v) is 12.7. The van der Waals surface area contributed by atoms with Gasteiger partial charge in [0, 0.05) is 29.6 Å². The number of likely N-dealkylation sites (tertiary alicyclic amines) is 2. The van der Waals surface area contributed by atoms with E-state index in [9.17, 15) is 24.2 Å². The maximum atomic E-state index is 14.1. The standard InChI is InChI=1S/C28H28FN5O5/c1-27(2,3)28-11-16(12-34(28)26(37)38)33(14-28)21(35)13-39-32-23-17-6-4-5-7-19(17)30-24(23)22-18-10-15(29)8-9-20(18)31-25(22)36/h4-10,16,31,36H,11-14H2,1-3H3,(H,37,38)/b32-23+/t16-,28+/m1/s1. The molecule has 202 valence electrons. The average Bonchev–Trinajstić information content (AvgIpc) is 3.62. The number of amides is 2. The maximum Gasteiger partial charge on any atom is 0.407 e. The number of para-hydroxylation sites is 1. The molecule has 3 aliphatic rings. The van der Waals surface area contributed by atoms with Crippen molar-refractivity contribution in [2.75, 3.05) is 19.7 Å². The molecule has 0 unspecified atom stereocenters. The number of nitrogens with zero attached hydrogens (tertiary/aromatic N) is 4. The molecule has 2 saturated heterocycles. The van der Waals surface area contributed by atoms with Gasteiger partial charge in [-0.05, 0) is 36.1 Å². The van der Waals surface area contributed by atoms with Gasteiger partial charge in [-0.2, -0.15) is 0 Å². The number of carbonyl (C=O) groups excluding carboxylic acids is 1. The highest BCUT2D eigenvalue weighted by Crippen LogP contribution is 2.50. The molecule has 3 aliphatic heterocycles. The number of carbonyl (C=O) groups is 2. The number of aliphatic imine (C=N–C) groups is 1. The zero-order valence-electron chi connectivity index (χ0n) is 21.7. The van der Waals surface area contributed by atoms with Gasteiger partial charge >= 0.3 is 6.09 Å². The Labute approximate surface area is 223 Å². The maximum absolute atomic E-state index is 14.1. The number of aromatic nitrogens is 1. The van der Waals surface area contributed by atoms with Crippen LogP contribution in [0.2, 0.25) is 0 Å². The first-order valence-electron chi connectivity index (χ1n) is 12.7. The van der Waals surface area contributed by atoms with Gasteiger partial charge in [-0.3, -0.25) is 9.69 Å². The van der Waals surface area contributed by atoms with Gasteiger partial charge in [-0.25, -0.2) is 14.2 Å². The smallest absolute Gasteiger partial charge is 0.407 e. The molecule has 3 aromatic rings. The number of aromatic amines is 1. The topological polar surface area (TPSA) is 131 Å². The second kappa shape index (κ2) is 8.55. The SMILES string of the molecule is CC(C)(C)[C@@]12C[C@H](CN1C(=O)O)N(C(=O)CO/N=C1/C(c3c(O)[nH]c4ccc(F)cc34)=Nc3ccccc31)C2. The molecule has 0 radical (unpaired) electrons. The molecule has 11 heteroatoms. The van der Waals surface area contributed by atoms with Crippen molar-refractivity contribution in [1.82, 2.24) is 14.8 Å². The number of H-pyrrole nitrogens is 1. The lowest BCUT2D eigenvalue weighted by Gasteiger charge is -2.48. The summed E-state index contributed by atoms with van der Waals surface area (Å²) < 4.78 is 14.1. The molecule has 2 atom stereocenters. The number of hydrogen-bond donors (Lipinski definition) is 3. The van der Waals surface area contributed by atoms with Gasteiger partial charge < -0.3 is 24.9 Å². The first-order chi connectivity index (χ1) is 18.5. The van der Waals surface area contributed by atoms with E-state index in [0.29, 0.717) is 40.0 Å². The van der Waals surface area contributed by atoms with Crippen LogP contribution in [-0.4, -0.2) is 79.7 Å². The second-order valence-corrected chi connectivity index (χ2v) is 11.3. The Morgan fingerprint density at radius 2 is 2.03 bits per heavy atom. The molecule has 0 aliphatic carbocycles. The number of benzene rings is 2. The van der Waals surface area contributed by atoms with Gasteiger partial charge in [0.2, 0.25) is 0 Å². The van der Waals surface area contributed by atoms with Crippen LogP contribution in [0, 0.1) is 11.2 Å². The predicted molar refractivity (Wildman–Crippen MR) is 142 cm³/mol. The van der Waals surface area contributed by atoms with Gasteiger partial charge in [0.1, 0.15) is 17.2 Å². The Kier molecular flexibility index (Phi) is 5.46.